The minimum absolute atomic E-state index is 0.566. The number of imidazole rings is 1. The van der Waals surface area contributed by atoms with Gasteiger partial charge in [-0.25, -0.2) is 4.98 Å². The molecule has 1 aromatic heterocycles. The van der Waals surface area contributed by atoms with Crippen LogP contribution in [-0.2, 0) is 0 Å². The number of anilines is 1. The maximum absolute atomic E-state index is 4.67. The molecule has 1 saturated carbocycles. The summed E-state index contributed by atoms with van der Waals surface area (Å²) in [6.07, 6.45) is 8.64. The fraction of sp³-hybridized carbons (Fsp3) is 0.471. The van der Waals surface area contributed by atoms with Crippen LogP contribution < -0.4 is 5.32 Å². The highest BCUT2D eigenvalue weighted by Crippen LogP contribution is 2.25. The van der Waals surface area contributed by atoms with Gasteiger partial charge < -0.3 is 5.32 Å². The first-order chi connectivity index (χ1) is 10.1. The number of nitrogens with one attached hydrogen (secondary N) is 1. The van der Waals surface area contributed by atoms with Crippen molar-refractivity contribution in [3.05, 3.63) is 40.1 Å². The van der Waals surface area contributed by atoms with Gasteiger partial charge in [0.25, 0.3) is 0 Å². The molecule has 0 radical (unpaired) electrons. The van der Waals surface area contributed by atoms with E-state index >= 15 is 0 Å². The maximum Gasteiger partial charge on any atom is 0.207 e. The van der Waals surface area contributed by atoms with Gasteiger partial charge in [-0.15, -0.1) is 0 Å². The molecule has 3 nitrogen and oxygen atoms in total. The van der Waals surface area contributed by atoms with Crippen molar-refractivity contribution in [1.82, 2.24) is 9.55 Å². The lowest BCUT2D eigenvalue weighted by Crippen LogP contribution is -2.24. The molecule has 0 unspecified atom stereocenters. The molecule has 0 aliphatic heterocycles. The summed E-state index contributed by atoms with van der Waals surface area (Å²) in [6.45, 7) is 4.17. The highest BCUT2D eigenvalue weighted by Gasteiger charge is 2.16. The van der Waals surface area contributed by atoms with Crippen molar-refractivity contribution < 1.29 is 0 Å². The van der Waals surface area contributed by atoms with Crippen LogP contribution in [0.15, 0.2) is 28.9 Å². The van der Waals surface area contributed by atoms with E-state index in [1.807, 2.05) is 6.92 Å². The number of halogens is 1. The van der Waals surface area contributed by atoms with E-state index in [1.54, 1.807) is 0 Å². The Bertz CT molecular complexity index is 627. The zero-order valence-electron chi connectivity index (χ0n) is 12.7. The van der Waals surface area contributed by atoms with Gasteiger partial charge in [0.15, 0.2) is 0 Å². The van der Waals surface area contributed by atoms with Crippen LogP contribution in [0.4, 0.5) is 5.95 Å². The van der Waals surface area contributed by atoms with Crippen LogP contribution in [0.5, 0.6) is 0 Å². The van der Waals surface area contributed by atoms with E-state index < -0.39 is 0 Å². The van der Waals surface area contributed by atoms with Gasteiger partial charge in [-0.2, -0.15) is 0 Å². The molecule has 0 amide bonds. The Labute approximate surface area is 134 Å². The third-order valence-electron chi connectivity index (χ3n) is 4.18. The summed E-state index contributed by atoms with van der Waals surface area (Å²) in [5.74, 6) is 0.973. The van der Waals surface area contributed by atoms with Gasteiger partial charge in [-0.1, -0.05) is 35.2 Å². The van der Waals surface area contributed by atoms with E-state index in [4.69, 9.17) is 0 Å². The standard InChI is InChI=1S/C17H22BrN3/c1-12-10-15(8-9-16(12)18)21-11-13(2)19-17(21)20-14-6-4-3-5-7-14/h8-11,14H,3-7H2,1-2H3,(H,19,20). The van der Waals surface area contributed by atoms with Gasteiger partial charge in [0.05, 0.1) is 5.69 Å². The molecule has 1 heterocycles. The van der Waals surface area contributed by atoms with Crippen LogP contribution >= 0.6 is 15.9 Å². The van der Waals surface area contributed by atoms with Crippen LogP contribution in [-0.4, -0.2) is 15.6 Å². The number of aryl methyl sites for hydroxylation is 2. The van der Waals surface area contributed by atoms with E-state index in [-0.39, 0.29) is 0 Å². The Hall–Kier alpha value is -1.29. The van der Waals surface area contributed by atoms with Gasteiger partial charge in [0, 0.05) is 22.4 Å². The van der Waals surface area contributed by atoms with Crippen molar-refractivity contribution in [1.29, 1.82) is 0 Å². The fourth-order valence-corrected chi connectivity index (χ4v) is 3.25. The third kappa shape index (κ3) is 3.31. The van der Waals surface area contributed by atoms with Gasteiger partial charge in [0.1, 0.15) is 0 Å². The summed E-state index contributed by atoms with van der Waals surface area (Å²) in [5.41, 5.74) is 3.45. The monoisotopic (exact) mass is 347 g/mol. The van der Waals surface area contributed by atoms with Crippen molar-refractivity contribution in [3.8, 4) is 5.69 Å². The number of benzene rings is 1. The number of hydrogen-bond acceptors (Lipinski definition) is 2. The summed E-state index contributed by atoms with van der Waals surface area (Å²) in [7, 11) is 0. The fourth-order valence-electron chi connectivity index (χ4n) is 3.00. The lowest BCUT2D eigenvalue weighted by molar-refractivity contribution is 0.460. The Morgan fingerprint density at radius 3 is 2.67 bits per heavy atom. The molecule has 21 heavy (non-hydrogen) atoms. The van der Waals surface area contributed by atoms with E-state index in [0.717, 1.165) is 21.8 Å². The minimum Gasteiger partial charge on any atom is -0.353 e. The smallest absolute Gasteiger partial charge is 0.207 e. The number of hydrogen-bond donors (Lipinski definition) is 1. The first kappa shape index (κ1) is 14.6. The molecule has 1 aliphatic carbocycles. The second-order valence-electron chi connectivity index (χ2n) is 5.99. The molecule has 0 atom stereocenters. The largest absolute Gasteiger partial charge is 0.353 e. The third-order valence-corrected chi connectivity index (χ3v) is 5.07. The summed E-state index contributed by atoms with van der Waals surface area (Å²) in [5, 5.41) is 3.64. The molecule has 4 heteroatoms. The van der Waals surface area contributed by atoms with E-state index in [9.17, 15) is 0 Å². The van der Waals surface area contributed by atoms with E-state index in [2.05, 4.69) is 62.1 Å². The van der Waals surface area contributed by atoms with Crippen molar-refractivity contribution in [2.24, 2.45) is 0 Å². The van der Waals surface area contributed by atoms with E-state index in [0.29, 0.717) is 6.04 Å². The number of rotatable bonds is 3. The predicted octanol–water partition coefficient (Wildman–Crippen LogP) is 5.00. The van der Waals surface area contributed by atoms with Crippen molar-refractivity contribution in [2.75, 3.05) is 5.32 Å². The highest BCUT2D eigenvalue weighted by molar-refractivity contribution is 9.10. The van der Waals surface area contributed by atoms with Crippen molar-refractivity contribution >= 4 is 21.9 Å². The van der Waals surface area contributed by atoms with Crippen LogP contribution in [0.1, 0.15) is 43.4 Å². The second-order valence-corrected chi connectivity index (χ2v) is 6.84. The van der Waals surface area contributed by atoms with Gasteiger partial charge in [-0.05, 0) is 50.5 Å². The Morgan fingerprint density at radius 2 is 1.95 bits per heavy atom. The average molecular weight is 348 g/mol. The molecular weight excluding hydrogens is 326 g/mol. The molecule has 2 aromatic rings. The normalized spacial score (nSPS) is 16.1. The van der Waals surface area contributed by atoms with Gasteiger partial charge in [0.2, 0.25) is 5.95 Å². The van der Waals surface area contributed by atoms with Crippen molar-refractivity contribution in [3.63, 3.8) is 0 Å². The molecule has 112 valence electrons. The molecule has 0 saturated heterocycles. The summed E-state index contributed by atoms with van der Waals surface area (Å²) in [4.78, 5) is 4.67. The molecule has 3 rings (SSSR count). The molecule has 1 N–H and O–H groups in total. The second kappa shape index (κ2) is 6.22. The summed E-state index contributed by atoms with van der Waals surface area (Å²) in [6, 6.07) is 6.99. The van der Waals surface area contributed by atoms with Crippen LogP contribution in [0, 0.1) is 13.8 Å². The molecule has 0 spiro atoms. The first-order valence-corrected chi connectivity index (χ1v) is 8.52. The van der Waals surface area contributed by atoms with Gasteiger partial charge in [-0.3, -0.25) is 4.57 Å². The molecule has 1 aromatic carbocycles. The van der Waals surface area contributed by atoms with E-state index in [1.165, 1.54) is 37.7 Å². The average Bonchev–Trinajstić information content (AvgIpc) is 2.84. The predicted molar refractivity (Wildman–Crippen MR) is 91.2 cm³/mol. The van der Waals surface area contributed by atoms with Crippen LogP contribution in [0.2, 0.25) is 0 Å². The Balaban J connectivity index is 1.89. The van der Waals surface area contributed by atoms with Gasteiger partial charge >= 0.3 is 0 Å². The molecule has 1 fully saturated rings. The Kier molecular flexibility index (Phi) is 4.34. The minimum atomic E-state index is 0.566. The highest BCUT2D eigenvalue weighted by atomic mass is 79.9. The quantitative estimate of drug-likeness (QED) is 0.846. The first-order valence-electron chi connectivity index (χ1n) is 7.72. The topological polar surface area (TPSA) is 29.9 Å². The Morgan fingerprint density at radius 1 is 1.19 bits per heavy atom. The molecular formula is C17H22BrN3. The lowest BCUT2D eigenvalue weighted by Gasteiger charge is -2.23. The zero-order valence-corrected chi connectivity index (χ0v) is 14.3. The van der Waals surface area contributed by atoms with Crippen LogP contribution in [0.25, 0.3) is 5.69 Å². The molecule has 0 bridgehead atoms. The zero-order chi connectivity index (χ0) is 14.8. The maximum atomic E-state index is 4.67. The van der Waals surface area contributed by atoms with Crippen LogP contribution in [0.3, 0.4) is 0 Å². The molecule has 1 aliphatic rings. The number of nitrogens with zero attached hydrogens (tertiary/aromatic N) is 2. The SMILES string of the molecule is Cc1cn(-c2ccc(Br)c(C)c2)c(NC2CCCCC2)n1. The number of aromatic nitrogens is 2. The lowest BCUT2D eigenvalue weighted by atomic mass is 9.96. The van der Waals surface area contributed by atoms with Crippen molar-refractivity contribution in [2.45, 2.75) is 52.0 Å². The summed E-state index contributed by atoms with van der Waals surface area (Å²) >= 11 is 3.56. The summed E-state index contributed by atoms with van der Waals surface area (Å²) < 4.78 is 3.31.